The van der Waals surface area contributed by atoms with Gasteiger partial charge in [0, 0.05) is 30.4 Å². The fourth-order valence-corrected chi connectivity index (χ4v) is 3.13. The van der Waals surface area contributed by atoms with Gasteiger partial charge in [-0.1, -0.05) is 0 Å². The lowest BCUT2D eigenvalue weighted by atomic mass is 10.1. The van der Waals surface area contributed by atoms with E-state index in [0.717, 1.165) is 0 Å². The molecular weight excluding hydrogens is 352 g/mol. The van der Waals surface area contributed by atoms with Gasteiger partial charge in [-0.25, -0.2) is 4.79 Å². The molecular formula is C19H16N2O6. The molecule has 1 atom stereocenters. The molecule has 8 heteroatoms. The first-order valence-corrected chi connectivity index (χ1v) is 8.35. The number of hydrogen-bond donors (Lipinski definition) is 2. The normalized spacial score (nSPS) is 17.9. The van der Waals surface area contributed by atoms with E-state index in [1.807, 2.05) is 0 Å². The fraction of sp³-hybridized carbons (Fsp3) is 0.211. The van der Waals surface area contributed by atoms with Crippen LogP contribution in [0.25, 0.3) is 0 Å². The van der Waals surface area contributed by atoms with E-state index in [0.29, 0.717) is 22.9 Å². The highest BCUT2D eigenvalue weighted by atomic mass is 16.7. The second-order valence-electron chi connectivity index (χ2n) is 6.31. The molecule has 4 rings (SSSR count). The molecule has 0 aliphatic carbocycles. The largest absolute Gasteiger partial charge is 0.478 e. The van der Waals surface area contributed by atoms with Gasteiger partial charge in [0.15, 0.2) is 11.5 Å². The van der Waals surface area contributed by atoms with Crippen LogP contribution < -0.4 is 19.7 Å². The summed E-state index contributed by atoms with van der Waals surface area (Å²) in [4.78, 5) is 37.3. The third-order valence-electron chi connectivity index (χ3n) is 4.56. The number of hydrogen-bond acceptors (Lipinski definition) is 5. The number of amides is 2. The molecule has 2 N–H and O–H groups in total. The zero-order chi connectivity index (χ0) is 19.0. The number of nitrogens with zero attached hydrogens (tertiary/aromatic N) is 1. The summed E-state index contributed by atoms with van der Waals surface area (Å²) < 4.78 is 10.6. The zero-order valence-corrected chi connectivity index (χ0v) is 14.2. The monoisotopic (exact) mass is 368 g/mol. The summed E-state index contributed by atoms with van der Waals surface area (Å²) in [5.74, 6) is -0.753. The quantitative estimate of drug-likeness (QED) is 0.856. The molecule has 1 fully saturated rings. The summed E-state index contributed by atoms with van der Waals surface area (Å²) in [5, 5.41) is 11.6. The Kier molecular flexibility index (Phi) is 4.15. The van der Waals surface area contributed by atoms with Gasteiger partial charge in [0.25, 0.3) is 0 Å². The summed E-state index contributed by atoms with van der Waals surface area (Å²) in [7, 11) is 0. The predicted octanol–water partition coefficient (Wildman–Crippen LogP) is 2.11. The predicted molar refractivity (Wildman–Crippen MR) is 95.1 cm³/mol. The summed E-state index contributed by atoms with van der Waals surface area (Å²) >= 11 is 0. The van der Waals surface area contributed by atoms with E-state index >= 15 is 0 Å². The van der Waals surface area contributed by atoms with Crippen molar-refractivity contribution in [2.75, 3.05) is 23.6 Å². The number of fused-ring (bicyclic) bond motifs is 1. The molecule has 2 aliphatic heterocycles. The van der Waals surface area contributed by atoms with Crippen molar-refractivity contribution in [2.24, 2.45) is 5.92 Å². The number of carbonyl (C=O) groups excluding carboxylic acids is 2. The minimum atomic E-state index is -1.03. The smallest absolute Gasteiger partial charge is 0.335 e. The highest BCUT2D eigenvalue weighted by molar-refractivity contribution is 6.03. The maximum absolute atomic E-state index is 12.5. The molecule has 2 aromatic carbocycles. The molecule has 1 saturated heterocycles. The van der Waals surface area contributed by atoms with Crippen LogP contribution in [0.15, 0.2) is 42.5 Å². The van der Waals surface area contributed by atoms with Crippen LogP contribution in [0.4, 0.5) is 11.4 Å². The standard InChI is InChI=1S/C19H16N2O6/c22-17-7-12(18(23)20-13-3-1-11(2-4-13)19(24)25)9-21(17)14-5-6-15-16(8-14)27-10-26-15/h1-6,8,12H,7,9-10H2,(H,20,23)(H,24,25). The number of nitrogens with one attached hydrogen (secondary N) is 1. The van der Waals surface area contributed by atoms with Gasteiger partial charge < -0.3 is 24.8 Å². The third-order valence-corrected chi connectivity index (χ3v) is 4.56. The van der Waals surface area contributed by atoms with Crippen LogP contribution in [0, 0.1) is 5.92 Å². The van der Waals surface area contributed by atoms with Crippen molar-refractivity contribution in [3.8, 4) is 11.5 Å². The SMILES string of the molecule is O=C(O)c1ccc(NC(=O)C2CC(=O)N(c3ccc4c(c3)OCO4)C2)cc1. The van der Waals surface area contributed by atoms with Crippen molar-refractivity contribution in [3.63, 3.8) is 0 Å². The van der Waals surface area contributed by atoms with Crippen LogP contribution in [0.3, 0.4) is 0 Å². The summed E-state index contributed by atoms with van der Waals surface area (Å²) in [5.41, 5.74) is 1.28. The van der Waals surface area contributed by atoms with E-state index in [-0.39, 0.29) is 37.1 Å². The van der Waals surface area contributed by atoms with E-state index < -0.39 is 11.9 Å². The van der Waals surface area contributed by atoms with Gasteiger partial charge in [-0.3, -0.25) is 9.59 Å². The zero-order valence-electron chi connectivity index (χ0n) is 14.2. The average molecular weight is 368 g/mol. The molecule has 0 saturated carbocycles. The Morgan fingerprint density at radius 1 is 1.07 bits per heavy atom. The number of carbonyl (C=O) groups is 3. The van der Waals surface area contributed by atoms with Gasteiger partial charge in [0.2, 0.25) is 18.6 Å². The number of benzene rings is 2. The number of ether oxygens (including phenoxy) is 2. The van der Waals surface area contributed by atoms with Gasteiger partial charge in [0.1, 0.15) is 0 Å². The second-order valence-corrected chi connectivity index (χ2v) is 6.31. The molecule has 2 aromatic rings. The Bertz CT molecular complexity index is 924. The lowest BCUT2D eigenvalue weighted by Gasteiger charge is -2.17. The summed E-state index contributed by atoms with van der Waals surface area (Å²) in [6, 6.07) is 11.1. The van der Waals surface area contributed by atoms with Crippen molar-refractivity contribution in [3.05, 3.63) is 48.0 Å². The Hall–Kier alpha value is -3.55. The molecule has 0 bridgehead atoms. The molecule has 2 aliphatic rings. The first-order chi connectivity index (χ1) is 13.0. The maximum atomic E-state index is 12.5. The van der Waals surface area contributed by atoms with Crippen molar-refractivity contribution in [1.82, 2.24) is 0 Å². The van der Waals surface area contributed by atoms with Crippen molar-refractivity contribution < 1.29 is 29.0 Å². The molecule has 138 valence electrons. The highest BCUT2D eigenvalue weighted by Gasteiger charge is 2.35. The fourth-order valence-electron chi connectivity index (χ4n) is 3.13. The van der Waals surface area contributed by atoms with E-state index in [1.54, 1.807) is 23.1 Å². The molecule has 0 aromatic heterocycles. The lowest BCUT2D eigenvalue weighted by Crippen LogP contribution is -2.28. The molecule has 8 nitrogen and oxygen atoms in total. The van der Waals surface area contributed by atoms with Crippen LogP contribution >= 0.6 is 0 Å². The van der Waals surface area contributed by atoms with Crippen molar-refractivity contribution in [2.45, 2.75) is 6.42 Å². The third kappa shape index (κ3) is 3.29. The van der Waals surface area contributed by atoms with E-state index in [2.05, 4.69) is 5.32 Å². The second kappa shape index (κ2) is 6.64. The van der Waals surface area contributed by atoms with Crippen molar-refractivity contribution in [1.29, 1.82) is 0 Å². The highest BCUT2D eigenvalue weighted by Crippen LogP contribution is 2.37. The Labute approximate surface area is 154 Å². The van der Waals surface area contributed by atoms with Crippen molar-refractivity contribution >= 4 is 29.2 Å². The number of carboxylic acids is 1. The Balaban J connectivity index is 1.44. The average Bonchev–Trinajstić information content (AvgIpc) is 3.27. The van der Waals surface area contributed by atoms with E-state index in [9.17, 15) is 14.4 Å². The van der Waals surface area contributed by atoms with Gasteiger partial charge in [-0.15, -0.1) is 0 Å². The summed E-state index contributed by atoms with van der Waals surface area (Å²) in [6.07, 6.45) is 0.105. The number of carboxylic acid groups (broad SMARTS) is 1. The van der Waals surface area contributed by atoms with E-state index in [4.69, 9.17) is 14.6 Å². The van der Waals surface area contributed by atoms with Crippen LogP contribution in [0.2, 0.25) is 0 Å². The van der Waals surface area contributed by atoms with Crippen LogP contribution in [0.5, 0.6) is 11.5 Å². The maximum Gasteiger partial charge on any atom is 0.335 e. The van der Waals surface area contributed by atoms with Gasteiger partial charge in [0.05, 0.1) is 11.5 Å². The minimum Gasteiger partial charge on any atom is -0.478 e. The van der Waals surface area contributed by atoms with Crippen LogP contribution in [0.1, 0.15) is 16.8 Å². The van der Waals surface area contributed by atoms with Crippen LogP contribution in [-0.2, 0) is 9.59 Å². The molecule has 2 heterocycles. The molecule has 1 unspecified atom stereocenters. The molecule has 0 spiro atoms. The molecule has 0 radical (unpaired) electrons. The minimum absolute atomic E-state index is 0.105. The van der Waals surface area contributed by atoms with Gasteiger partial charge >= 0.3 is 5.97 Å². The van der Waals surface area contributed by atoms with Crippen LogP contribution in [-0.4, -0.2) is 36.2 Å². The lowest BCUT2D eigenvalue weighted by molar-refractivity contribution is -0.122. The topological polar surface area (TPSA) is 105 Å². The molecule has 2 amide bonds. The van der Waals surface area contributed by atoms with E-state index in [1.165, 1.54) is 24.3 Å². The first kappa shape index (κ1) is 16.9. The summed E-state index contributed by atoms with van der Waals surface area (Å²) in [6.45, 7) is 0.413. The Morgan fingerprint density at radius 2 is 1.81 bits per heavy atom. The Morgan fingerprint density at radius 3 is 2.56 bits per heavy atom. The molecule has 27 heavy (non-hydrogen) atoms. The number of rotatable bonds is 4. The van der Waals surface area contributed by atoms with Gasteiger partial charge in [-0.05, 0) is 36.4 Å². The first-order valence-electron chi connectivity index (χ1n) is 8.35. The van der Waals surface area contributed by atoms with Gasteiger partial charge in [-0.2, -0.15) is 0 Å². The number of aromatic carboxylic acids is 1. The number of anilines is 2.